The second kappa shape index (κ2) is 6.86. The summed E-state index contributed by atoms with van der Waals surface area (Å²) in [5.41, 5.74) is 0.783. The van der Waals surface area contributed by atoms with E-state index in [9.17, 15) is 9.59 Å². The third kappa shape index (κ3) is 3.29. The molecule has 1 N–H and O–H groups in total. The summed E-state index contributed by atoms with van der Waals surface area (Å²) in [5, 5.41) is 8.97. The van der Waals surface area contributed by atoms with E-state index in [0.29, 0.717) is 16.9 Å². The van der Waals surface area contributed by atoms with Gasteiger partial charge in [0.05, 0.1) is 23.1 Å². The van der Waals surface area contributed by atoms with Gasteiger partial charge in [-0.05, 0) is 12.1 Å². The van der Waals surface area contributed by atoms with Crippen LogP contribution < -0.4 is 14.9 Å². The zero-order chi connectivity index (χ0) is 18.0. The second-order valence-electron chi connectivity index (χ2n) is 5.14. The van der Waals surface area contributed by atoms with Gasteiger partial charge in [0.15, 0.2) is 6.61 Å². The Labute approximate surface area is 147 Å². The van der Waals surface area contributed by atoms with Crippen LogP contribution in [0.1, 0.15) is 0 Å². The number of carboxylic acids is 1. The number of aliphatic carboxylic acids is 1. The lowest BCUT2D eigenvalue weighted by Gasteiger charge is -2.10. The molecule has 7 heteroatoms. The van der Waals surface area contributed by atoms with Gasteiger partial charge in [0.2, 0.25) is 5.43 Å². The van der Waals surface area contributed by atoms with Crippen molar-refractivity contribution in [2.75, 3.05) is 13.7 Å². The zero-order valence-electron chi connectivity index (χ0n) is 13.1. The lowest BCUT2D eigenvalue weighted by atomic mass is 10.0. The van der Waals surface area contributed by atoms with Gasteiger partial charge in [0.25, 0.3) is 0 Å². The van der Waals surface area contributed by atoms with E-state index in [1.54, 1.807) is 24.3 Å². The predicted molar refractivity (Wildman–Crippen MR) is 92.6 cm³/mol. The number of hydrogen-bond acceptors (Lipinski definition) is 5. The molecule has 0 aliphatic rings. The Bertz CT molecular complexity index is 1010. The lowest BCUT2D eigenvalue weighted by Crippen LogP contribution is -2.10. The fourth-order valence-corrected chi connectivity index (χ4v) is 2.75. The minimum absolute atomic E-state index is 0.114. The molecule has 0 saturated heterocycles. The largest absolute Gasteiger partial charge is 0.496 e. The molecule has 0 spiro atoms. The molecule has 25 heavy (non-hydrogen) atoms. The first-order valence-corrected chi connectivity index (χ1v) is 7.62. The minimum Gasteiger partial charge on any atom is -0.496 e. The molecule has 1 aromatic heterocycles. The fraction of sp³-hybridized carbons (Fsp3) is 0.111. The number of hydrogen-bond donors (Lipinski definition) is 1. The summed E-state index contributed by atoms with van der Waals surface area (Å²) in [6, 6.07) is 9.88. The molecular formula is C18H13ClO6. The number of halogens is 1. The van der Waals surface area contributed by atoms with Crippen molar-refractivity contribution in [3.63, 3.8) is 0 Å². The van der Waals surface area contributed by atoms with E-state index in [1.165, 1.54) is 25.5 Å². The highest BCUT2D eigenvalue weighted by Crippen LogP contribution is 2.32. The summed E-state index contributed by atoms with van der Waals surface area (Å²) in [7, 11) is 1.51. The van der Waals surface area contributed by atoms with Crippen molar-refractivity contribution >= 4 is 28.5 Å². The van der Waals surface area contributed by atoms with Gasteiger partial charge in [-0.25, -0.2) is 4.79 Å². The van der Waals surface area contributed by atoms with E-state index in [1.807, 2.05) is 0 Å². The molecule has 0 fully saturated rings. The lowest BCUT2D eigenvalue weighted by molar-refractivity contribution is -0.139. The fourth-order valence-electron chi connectivity index (χ4n) is 2.46. The molecule has 0 atom stereocenters. The maximum absolute atomic E-state index is 12.9. The van der Waals surface area contributed by atoms with Crippen LogP contribution in [0, 0.1) is 0 Å². The number of ether oxygens (including phenoxy) is 2. The molecule has 2 aromatic carbocycles. The Balaban J connectivity index is 2.15. The van der Waals surface area contributed by atoms with Gasteiger partial charge in [0, 0.05) is 11.6 Å². The molecule has 6 nitrogen and oxygen atoms in total. The summed E-state index contributed by atoms with van der Waals surface area (Å²) in [6.07, 6.45) is 1.32. The average Bonchev–Trinajstić information content (AvgIpc) is 2.60. The normalized spacial score (nSPS) is 10.6. The molecule has 0 radical (unpaired) electrons. The molecule has 0 aliphatic heterocycles. The highest BCUT2D eigenvalue weighted by molar-refractivity contribution is 6.35. The third-order valence-corrected chi connectivity index (χ3v) is 3.86. The molecule has 3 rings (SSSR count). The van der Waals surface area contributed by atoms with Crippen LogP contribution in [0.5, 0.6) is 11.5 Å². The van der Waals surface area contributed by atoms with E-state index in [4.69, 9.17) is 30.6 Å². The van der Waals surface area contributed by atoms with E-state index in [-0.39, 0.29) is 27.2 Å². The predicted octanol–water partition coefficient (Wildman–Crippen LogP) is 3.59. The molecule has 3 aromatic rings. The van der Waals surface area contributed by atoms with Crippen LogP contribution in [0.25, 0.3) is 22.1 Å². The Morgan fingerprint density at radius 2 is 2.00 bits per heavy atom. The van der Waals surface area contributed by atoms with Gasteiger partial charge in [-0.1, -0.05) is 29.8 Å². The molecule has 0 amide bonds. The van der Waals surface area contributed by atoms with Gasteiger partial charge < -0.3 is 19.0 Å². The van der Waals surface area contributed by atoms with Crippen molar-refractivity contribution in [3.05, 3.63) is 57.9 Å². The van der Waals surface area contributed by atoms with E-state index < -0.39 is 12.6 Å². The number of para-hydroxylation sites is 1. The van der Waals surface area contributed by atoms with Crippen molar-refractivity contribution in [1.82, 2.24) is 0 Å². The molecule has 128 valence electrons. The average molecular weight is 361 g/mol. The van der Waals surface area contributed by atoms with Gasteiger partial charge in [0.1, 0.15) is 23.3 Å². The quantitative estimate of drug-likeness (QED) is 0.748. The number of benzene rings is 2. The third-order valence-electron chi connectivity index (χ3n) is 3.56. The van der Waals surface area contributed by atoms with Gasteiger partial charge in [-0.15, -0.1) is 0 Å². The van der Waals surface area contributed by atoms with Crippen LogP contribution in [0.15, 0.2) is 51.9 Å². The zero-order valence-corrected chi connectivity index (χ0v) is 13.9. The van der Waals surface area contributed by atoms with Crippen LogP contribution in [0.2, 0.25) is 5.02 Å². The summed E-state index contributed by atoms with van der Waals surface area (Å²) < 4.78 is 15.9. The van der Waals surface area contributed by atoms with Crippen molar-refractivity contribution < 1.29 is 23.8 Å². The second-order valence-corrected chi connectivity index (χ2v) is 5.55. The van der Waals surface area contributed by atoms with Gasteiger partial charge in [-0.2, -0.15) is 0 Å². The maximum atomic E-state index is 12.9. The Hall–Kier alpha value is -2.99. The number of fused-ring (bicyclic) bond motifs is 1. The topological polar surface area (TPSA) is 86.0 Å². The van der Waals surface area contributed by atoms with Crippen LogP contribution in [-0.4, -0.2) is 24.8 Å². The van der Waals surface area contributed by atoms with Gasteiger partial charge in [-0.3, -0.25) is 4.79 Å². The molecule has 0 unspecified atom stereocenters. The highest BCUT2D eigenvalue weighted by atomic mass is 35.5. The van der Waals surface area contributed by atoms with Crippen molar-refractivity contribution in [2.45, 2.75) is 0 Å². The molecular weight excluding hydrogens is 348 g/mol. The minimum atomic E-state index is -1.12. The Morgan fingerprint density at radius 3 is 2.72 bits per heavy atom. The van der Waals surface area contributed by atoms with Crippen molar-refractivity contribution in [2.24, 2.45) is 0 Å². The van der Waals surface area contributed by atoms with Crippen LogP contribution in [0.3, 0.4) is 0 Å². The van der Waals surface area contributed by atoms with Crippen molar-refractivity contribution in [1.29, 1.82) is 0 Å². The smallest absolute Gasteiger partial charge is 0.341 e. The summed E-state index contributed by atoms with van der Waals surface area (Å²) in [6.45, 7) is -0.522. The summed E-state index contributed by atoms with van der Waals surface area (Å²) in [5.74, 6) is -0.385. The first-order valence-electron chi connectivity index (χ1n) is 7.24. The van der Waals surface area contributed by atoms with Crippen molar-refractivity contribution in [3.8, 4) is 22.6 Å². The van der Waals surface area contributed by atoms with E-state index >= 15 is 0 Å². The van der Waals surface area contributed by atoms with Crippen LogP contribution in [0.4, 0.5) is 0 Å². The van der Waals surface area contributed by atoms with Gasteiger partial charge >= 0.3 is 5.97 Å². The Kier molecular flexibility index (Phi) is 4.63. The van der Waals surface area contributed by atoms with E-state index in [0.717, 1.165) is 0 Å². The first-order chi connectivity index (χ1) is 12.0. The SMILES string of the molecule is COc1ccccc1-c1coc2cc(OCC(=O)O)cc(Cl)c2c1=O. The first kappa shape index (κ1) is 16.9. The molecule has 0 bridgehead atoms. The van der Waals surface area contributed by atoms with Crippen LogP contribution >= 0.6 is 11.6 Å². The molecule has 1 heterocycles. The number of methoxy groups -OCH3 is 1. The summed E-state index contributed by atoms with van der Waals surface area (Å²) >= 11 is 6.20. The molecule has 0 saturated carbocycles. The number of carbonyl (C=O) groups is 1. The van der Waals surface area contributed by atoms with E-state index in [2.05, 4.69) is 0 Å². The molecule has 0 aliphatic carbocycles. The number of rotatable bonds is 5. The Morgan fingerprint density at radius 1 is 1.24 bits per heavy atom. The van der Waals surface area contributed by atoms with Crippen LogP contribution in [-0.2, 0) is 4.79 Å². The number of carboxylic acid groups (broad SMARTS) is 1. The summed E-state index contributed by atoms with van der Waals surface area (Å²) in [4.78, 5) is 23.5. The standard InChI is InChI=1S/C18H13ClO6/c1-23-14-5-3-2-4-11(14)12-8-25-15-7-10(24-9-16(20)21)6-13(19)17(15)18(12)22/h2-8H,9H2,1H3,(H,20,21). The highest BCUT2D eigenvalue weighted by Gasteiger charge is 2.16. The monoisotopic (exact) mass is 360 g/mol. The maximum Gasteiger partial charge on any atom is 0.341 e.